The highest BCUT2D eigenvalue weighted by Gasteiger charge is 2.43. The lowest BCUT2D eigenvalue weighted by atomic mass is 9.95. The van der Waals surface area contributed by atoms with Gasteiger partial charge in [0.2, 0.25) is 5.91 Å². The van der Waals surface area contributed by atoms with E-state index in [9.17, 15) is 14.4 Å². The lowest BCUT2D eigenvalue weighted by molar-refractivity contribution is -0.123. The number of amides is 2. The third-order valence-corrected chi connectivity index (χ3v) is 6.39. The molecule has 0 bridgehead atoms. The number of esters is 1. The number of carbonyl (C=O) groups excluding carboxylic acids is 3. The zero-order chi connectivity index (χ0) is 22.9. The predicted octanol–water partition coefficient (Wildman–Crippen LogP) is 3.52. The summed E-state index contributed by atoms with van der Waals surface area (Å²) in [6.07, 6.45) is 1.80. The molecule has 2 fully saturated rings. The van der Waals surface area contributed by atoms with Gasteiger partial charge in [0.1, 0.15) is 5.52 Å². The maximum Gasteiger partial charge on any atom is 0.338 e. The highest BCUT2D eigenvalue weighted by atomic mass is 16.5. The van der Waals surface area contributed by atoms with Crippen LogP contribution in [-0.4, -0.2) is 53.4 Å². The Morgan fingerprint density at radius 3 is 2.52 bits per heavy atom. The molecule has 2 aromatic carbocycles. The fraction of sp³-hybridized carbons (Fsp3) is 0.360. The van der Waals surface area contributed by atoms with Crippen LogP contribution in [0.4, 0.5) is 5.69 Å². The molecule has 33 heavy (non-hydrogen) atoms. The lowest BCUT2D eigenvalue weighted by Gasteiger charge is -2.33. The molecular weight excluding hydrogens is 422 g/mol. The van der Waals surface area contributed by atoms with Crippen molar-refractivity contribution in [1.29, 1.82) is 0 Å². The van der Waals surface area contributed by atoms with Crippen LogP contribution in [0, 0.1) is 0 Å². The molecule has 2 saturated heterocycles. The number of rotatable bonds is 5. The molecule has 170 valence electrons. The standard InChI is InChI=1S/C25H25N3O5/c1-2-32-25(31)17-7-9-18(10-8-17)28-22(29)15-20(24(28)30)27-13-11-16(12-14-27)23-26-19-5-3-4-6-21(19)33-23/h3-10,16,20H,2,11-15H2,1H3/t20-/m1/s1. The lowest BCUT2D eigenvalue weighted by Crippen LogP contribution is -2.45. The number of ether oxygens (including phenoxy) is 1. The van der Waals surface area contributed by atoms with Gasteiger partial charge >= 0.3 is 5.97 Å². The third-order valence-electron chi connectivity index (χ3n) is 6.39. The van der Waals surface area contributed by atoms with Gasteiger partial charge in [-0.2, -0.15) is 0 Å². The van der Waals surface area contributed by atoms with Gasteiger partial charge in [0.05, 0.1) is 30.3 Å². The molecule has 5 rings (SSSR count). The maximum absolute atomic E-state index is 13.1. The molecule has 2 aliphatic rings. The largest absolute Gasteiger partial charge is 0.462 e. The van der Waals surface area contributed by atoms with E-state index in [0.29, 0.717) is 24.3 Å². The minimum absolute atomic E-state index is 0.159. The van der Waals surface area contributed by atoms with E-state index < -0.39 is 12.0 Å². The van der Waals surface area contributed by atoms with Crippen LogP contribution < -0.4 is 4.90 Å². The number of likely N-dealkylation sites (tertiary alicyclic amines) is 1. The number of piperidine rings is 1. The number of aromatic nitrogens is 1. The summed E-state index contributed by atoms with van der Waals surface area (Å²) >= 11 is 0. The van der Waals surface area contributed by atoms with Crippen molar-refractivity contribution in [2.45, 2.75) is 38.1 Å². The predicted molar refractivity (Wildman–Crippen MR) is 121 cm³/mol. The van der Waals surface area contributed by atoms with Crippen LogP contribution >= 0.6 is 0 Å². The molecule has 1 atom stereocenters. The Hall–Kier alpha value is -3.52. The molecular formula is C25H25N3O5. The van der Waals surface area contributed by atoms with Crippen molar-refractivity contribution in [1.82, 2.24) is 9.88 Å². The Morgan fingerprint density at radius 1 is 1.09 bits per heavy atom. The summed E-state index contributed by atoms with van der Waals surface area (Å²) in [6, 6.07) is 13.6. The highest BCUT2D eigenvalue weighted by Crippen LogP contribution is 2.33. The van der Waals surface area contributed by atoms with E-state index in [0.717, 1.165) is 29.8 Å². The summed E-state index contributed by atoms with van der Waals surface area (Å²) in [5.74, 6) is 0.0716. The van der Waals surface area contributed by atoms with Gasteiger partial charge in [-0.25, -0.2) is 14.7 Å². The van der Waals surface area contributed by atoms with Gasteiger partial charge in [0.15, 0.2) is 11.5 Å². The Bertz CT molecular complexity index is 1160. The van der Waals surface area contributed by atoms with Crippen molar-refractivity contribution < 1.29 is 23.5 Å². The van der Waals surface area contributed by atoms with Gasteiger partial charge in [-0.1, -0.05) is 12.1 Å². The maximum atomic E-state index is 13.1. The fourth-order valence-electron chi connectivity index (χ4n) is 4.66. The second-order valence-electron chi connectivity index (χ2n) is 8.38. The topological polar surface area (TPSA) is 92.9 Å². The van der Waals surface area contributed by atoms with Crippen LogP contribution in [0.15, 0.2) is 52.9 Å². The summed E-state index contributed by atoms with van der Waals surface area (Å²) in [5, 5.41) is 0. The number of nitrogens with zero attached hydrogens (tertiary/aromatic N) is 3. The van der Waals surface area contributed by atoms with Crippen molar-refractivity contribution in [2.75, 3.05) is 24.6 Å². The monoisotopic (exact) mass is 447 g/mol. The first kappa shape index (κ1) is 21.3. The van der Waals surface area contributed by atoms with Crippen LogP contribution in [0.25, 0.3) is 11.1 Å². The summed E-state index contributed by atoms with van der Waals surface area (Å²) in [4.78, 5) is 45.6. The average Bonchev–Trinajstić information content (AvgIpc) is 3.40. The molecule has 1 aromatic heterocycles. The average molecular weight is 447 g/mol. The number of oxazole rings is 1. The SMILES string of the molecule is CCOC(=O)c1ccc(N2C(=O)C[C@@H](N3CCC(c4nc5ccccc5o4)CC3)C2=O)cc1. The number of imide groups is 1. The van der Waals surface area contributed by atoms with E-state index in [2.05, 4.69) is 9.88 Å². The van der Waals surface area contributed by atoms with Gasteiger partial charge < -0.3 is 9.15 Å². The van der Waals surface area contributed by atoms with E-state index in [-0.39, 0.29) is 30.8 Å². The van der Waals surface area contributed by atoms with Crippen molar-refractivity contribution >= 4 is 34.6 Å². The van der Waals surface area contributed by atoms with Crippen LogP contribution in [0.2, 0.25) is 0 Å². The molecule has 0 spiro atoms. The van der Waals surface area contributed by atoms with Crippen molar-refractivity contribution in [3.8, 4) is 0 Å². The van der Waals surface area contributed by atoms with Crippen molar-refractivity contribution in [3.05, 3.63) is 60.0 Å². The van der Waals surface area contributed by atoms with Crippen molar-refractivity contribution in [2.24, 2.45) is 0 Å². The minimum Gasteiger partial charge on any atom is -0.462 e. The molecule has 3 heterocycles. The molecule has 3 aromatic rings. The second-order valence-corrected chi connectivity index (χ2v) is 8.38. The van der Waals surface area contributed by atoms with Gasteiger partial charge in [0.25, 0.3) is 5.91 Å². The van der Waals surface area contributed by atoms with E-state index in [1.54, 1.807) is 31.2 Å². The zero-order valence-electron chi connectivity index (χ0n) is 18.4. The second kappa shape index (κ2) is 8.78. The van der Waals surface area contributed by atoms with Crippen molar-refractivity contribution in [3.63, 3.8) is 0 Å². The molecule has 2 amide bonds. The third kappa shape index (κ3) is 4.02. The van der Waals surface area contributed by atoms with E-state index >= 15 is 0 Å². The number of carbonyl (C=O) groups is 3. The van der Waals surface area contributed by atoms with E-state index in [1.165, 1.54) is 4.90 Å². The van der Waals surface area contributed by atoms with E-state index in [1.807, 2.05) is 24.3 Å². The first-order chi connectivity index (χ1) is 16.0. The molecule has 0 aliphatic carbocycles. The number of para-hydroxylation sites is 2. The fourth-order valence-corrected chi connectivity index (χ4v) is 4.66. The Morgan fingerprint density at radius 2 is 1.82 bits per heavy atom. The quantitative estimate of drug-likeness (QED) is 0.436. The van der Waals surface area contributed by atoms with Gasteiger partial charge in [-0.05, 0) is 69.3 Å². The normalized spacial score (nSPS) is 20.0. The Balaban J connectivity index is 1.24. The molecule has 0 N–H and O–H groups in total. The Labute approximate surface area is 191 Å². The number of hydrogen-bond donors (Lipinski definition) is 0. The van der Waals surface area contributed by atoms with E-state index in [4.69, 9.17) is 9.15 Å². The molecule has 2 aliphatic heterocycles. The number of fused-ring (bicyclic) bond motifs is 1. The molecule has 0 unspecified atom stereocenters. The first-order valence-electron chi connectivity index (χ1n) is 11.3. The van der Waals surface area contributed by atoms with Gasteiger partial charge in [-0.3, -0.25) is 14.5 Å². The minimum atomic E-state index is -0.466. The summed E-state index contributed by atoms with van der Waals surface area (Å²) in [5.41, 5.74) is 2.51. The van der Waals surface area contributed by atoms with Gasteiger partial charge in [0, 0.05) is 5.92 Å². The summed E-state index contributed by atoms with van der Waals surface area (Å²) in [7, 11) is 0. The molecule has 0 saturated carbocycles. The summed E-state index contributed by atoms with van der Waals surface area (Å²) in [6.45, 7) is 3.42. The van der Waals surface area contributed by atoms with Gasteiger partial charge in [-0.15, -0.1) is 0 Å². The first-order valence-corrected chi connectivity index (χ1v) is 11.3. The number of anilines is 1. The molecule has 8 nitrogen and oxygen atoms in total. The summed E-state index contributed by atoms with van der Waals surface area (Å²) < 4.78 is 10.9. The van der Waals surface area contributed by atoms with Crippen LogP contribution in [-0.2, 0) is 14.3 Å². The zero-order valence-corrected chi connectivity index (χ0v) is 18.4. The number of hydrogen-bond acceptors (Lipinski definition) is 7. The smallest absolute Gasteiger partial charge is 0.338 e. The van der Waals surface area contributed by atoms with Crippen LogP contribution in [0.1, 0.15) is 48.4 Å². The molecule has 0 radical (unpaired) electrons. The molecule has 8 heteroatoms. The van der Waals surface area contributed by atoms with Crippen LogP contribution in [0.5, 0.6) is 0 Å². The highest BCUT2D eigenvalue weighted by molar-refractivity contribution is 6.22. The Kier molecular flexibility index (Phi) is 5.68. The number of benzene rings is 2. The van der Waals surface area contributed by atoms with Crippen LogP contribution in [0.3, 0.4) is 0 Å².